The molecule has 2 amide bonds. The number of aliphatic hydroxyl groups is 1. The number of fused-ring (bicyclic) bond motifs is 1. The highest BCUT2D eigenvalue weighted by Crippen LogP contribution is 2.42. The van der Waals surface area contributed by atoms with Crippen LogP contribution < -0.4 is 10.6 Å². The number of hydrogen-bond acceptors (Lipinski definition) is 7. The Morgan fingerprint density at radius 1 is 1.26 bits per heavy atom. The van der Waals surface area contributed by atoms with Gasteiger partial charge in [-0.15, -0.1) is 0 Å². The second-order valence-electron chi connectivity index (χ2n) is 9.88. The molecule has 15 heteroatoms. The number of aliphatic hydroxyl groups excluding tert-OH is 1. The van der Waals surface area contributed by atoms with Crippen molar-refractivity contribution in [3.05, 3.63) is 41.0 Å². The topological polar surface area (TPSA) is 146 Å². The van der Waals surface area contributed by atoms with Crippen molar-refractivity contribution < 1.29 is 41.3 Å². The summed E-state index contributed by atoms with van der Waals surface area (Å²) in [6.45, 7) is 2.37. The van der Waals surface area contributed by atoms with Gasteiger partial charge in [0, 0.05) is 24.8 Å². The first-order valence-electron chi connectivity index (χ1n) is 12.2. The number of benzene rings is 1. The van der Waals surface area contributed by atoms with Crippen molar-refractivity contribution in [1.82, 2.24) is 30.9 Å². The molecule has 39 heavy (non-hydrogen) atoms. The van der Waals surface area contributed by atoms with Gasteiger partial charge in [0.25, 0.3) is 5.91 Å². The van der Waals surface area contributed by atoms with Gasteiger partial charge in [0.1, 0.15) is 11.5 Å². The molecule has 1 aromatic carbocycles. The summed E-state index contributed by atoms with van der Waals surface area (Å²) in [4.78, 5) is 32.3. The van der Waals surface area contributed by atoms with E-state index in [0.29, 0.717) is 17.5 Å². The predicted octanol–water partition coefficient (Wildman–Crippen LogP) is 4.25. The smallest absolute Gasteiger partial charge is 0.369 e. The van der Waals surface area contributed by atoms with Crippen LogP contribution in [0.15, 0.2) is 22.8 Å². The quantitative estimate of drug-likeness (QED) is 0.239. The van der Waals surface area contributed by atoms with E-state index in [1.165, 1.54) is 25.1 Å². The molecule has 0 saturated heterocycles. The summed E-state index contributed by atoms with van der Waals surface area (Å²) in [6.07, 6.45) is -7.10. The van der Waals surface area contributed by atoms with Crippen LogP contribution in [0.5, 0.6) is 0 Å². The van der Waals surface area contributed by atoms with Gasteiger partial charge in [-0.05, 0) is 43.0 Å². The van der Waals surface area contributed by atoms with E-state index < -0.39 is 60.9 Å². The summed E-state index contributed by atoms with van der Waals surface area (Å²) in [5.41, 5.74) is 0.995. The van der Waals surface area contributed by atoms with Crippen LogP contribution in [0.3, 0.4) is 0 Å². The number of carbonyl (C=O) groups excluding carboxylic acids is 2. The van der Waals surface area contributed by atoms with Gasteiger partial charge in [-0.3, -0.25) is 9.59 Å². The number of H-pyrrole nitrogens is 1. The maximum absolute atomic E-state index is 14.3. The Kier molecular flexibility index (Phi) is 7.91. The molecule has 10 nitrogen and oxygen atoms in total. The molecule has 4 N–H and O–H groups in total. The monoisotopic (exact) mass is 558 g/mol. The molecule has 0 spiro atoms. The average molecular weight is 559 g/mol. The molecule has 1 aliphatic carbocycles. The highest BCUT2D eigenvalue weighted by Gasteiger charge is 2.42. The van der Waals surface area contributed by atoms with Gasteiger partial charge in [0.2, 0.25) is 11.8 Å². The fourth-order valence-electron chi connectivity index (χ4n) is 4.60. The first kappa shape index (κ1) is 28.4. The lowest BCUT2D eigenvalue weighted by Crippen LogP contribution is -2.39. The minimum absolute atomic E-state index is 0.0975. The van der Waals surface area contributed by atoms with Crippen molar-refractivity contribution in [3.63, 3.8) is 0 Å². The van der Waals surface area contributed by atoms with Gasteiger partial charge in [-0.2, -0.15) is 13.2 Å². The molecule has 4 rings (SSSR count). The fourth-order valence-corrected chi connectivity index (χ4v) is 4.60. The minimum atomic E-state index is -4.55. The van der Waals surface area contributed by atoms with Gasteiger partial charge in [0.15, 0.2) is 11.9 Å². The third-order valence-electron chi connectivity index (χ3n) is 6.79. The Balaban J connectivity index is 1.57. The van der Waals surface area contributed by atoms with Crippen LogP contribution in [0.25, 0.3) is 11.0 Å². The molecule has 2 aromatic heterocycles. The Hall–Kier alpha value is -3.62. The number of aromatic nitrogens is 4. The standard InChI is InChI=1S/C24H27F5N6O4/c1-11(24(27,28)29)8-17(36)32-21(37)13-5-6-15-16(9-13)31-20(30-15)19(14-4-3-7-23(25,26)10-14)33-22(38)18-12(2)34-39-35-18/h5-6,9,11,14,19,21,37H,3-4,7-8,10H2,1-2H3,(H,30,31)(H,32,36)(H,33,38)/t11-,14+,19-,21+/m0/s1. The van der Waals surface area contributed by atoms with Crippen molar-refractivity contribution in [2.24, 2.45) is 11.8 Å². The Labute approximate surface area is 218 Å². The molecule has 1 fully saturated rings. The maximum Gasteiger partial charge on any atom is 0.392 e. The summed E-state index contributed by atoms with van der Waals surface area (Å²) in [6, 6.07) is 3.37. The third kappa shape index (κ3) is 6.69. The SMILES string of the molecule is Cc1nonc1C(=O)N[C@H](c1nc2ccc([C@@H](O)NC(=O)C[C@H](C)C(F)(F)F)cc2[nH]1)[C@@H]1CCCC(F)(F)C1. The van der Waals surface area contributed by atoms with E-state index in [1.807, 2.05) is 0 Å². The summed E-state index contributed by atoms with van der Waals surface area (Å²) >= 11 is 0. The van der Waals surface area contributed by atoms with E-state index in [2.05, 4.69) is 35.5 Å². The number of nitrogens with zero attached hydrogens (tertiary/aromatic N) is 3. The molecule has 0 unspecified atom stereocenters. The average Bonchev–Trinajstić information content (AvgIpc) is 3.46. The second-order valence-corrected chi connectivity index (χ2v) is 9.88. The molecule has 212 valence electrons. The van der Waals surface area contributed by atoms with Crippen LogP contribution in [0.2, 0.25) is 0 Å². The van der Waals surface area contributed by atoms with E-state index >= 15 is 0 Å². The first-order valence-corrected chi connectivity index (χ1v) is 12.2. The highest BCUT2D eigenvalue weighted by atomic mass is 19.4. The zero-order valence-electron chi connectivity index (χ0n) is 21.0. The number of aryl methyl sites for hydroxylation is 1. The van der Waals surface area contributed by atoms with E-state index in [0.717, 1.165) is 6.92 Å². The summed E-state index contributed by atoms with van der Waals surface area (Å²) in [7, 11) is 0. The van der Waals surface area contributed by atoms with Crippen LogP contribution in [-0.2, 0) is 4.79 Å². The van der Waals surface area contributed by atoms with Crippen LogP contribution in [0.4, 0.5) is 22.0 Å². The van der Waals surface area contributed by atoms with Crippen molar-refractivity contribution in [2.75, 3.05) is 0 Å². The van der Waals surface area contributed by atoms with Gasteiger partial charge in [-0.25, -0.2) is 18.4 Å². The Bertz CT molecular complexity index is 1340. The number of alkyl halides is 5. The summed E-state index contributed by atoms with van der Waals surface area (Å²) in [5.74, 6) is -6.96. The lowest BCUT2D eigenvalue weighted by atomic mass is 9.81. The van der Waals surface area contributed by atoms with Gasteiger partial charge in [-0.1, -0.05) is 18.1 Å². The lowest BCUT2D eigenvalue weighted by molar-refractivity contribution is -0.174. The second kappa shape index (κ2) is 10.9. The van der Waals surface area contributed by atoms with Crippen LogP contribution in [0.1, 0.15) is 78.9 Å². The number of imidazole rings is 1. The number of carbonyl (C=O) groups is 2. The van der Waals surface area contributed by atoms with E-state index in [-0.39, 0.29) is 35.6 Å². The van der Waals surface area contributed by atoms with Gasteiger partial charge >= 0.3 is 6.18 Å². The number of nitrogens with one attached hydrogen (secondary N) is 3. The minimum Gasteiger partial charge on any atom is -0.369 e. The van der Waals surface area contributed by atoms with Crippen molar-refractivity contribution in [2.45, 2.75) is 70.3 Å². The van der Waals surface area contributed by atoms with E-state index in [1.54, 1.807) is 0 Å². The molecule has 1 aliphatic rings. The van der Waals surface area contributed by atoms with E-state index in [9.17, 15) is 36.6 Å². The molecule has 2 heterocycles. The molecule has 1 saturated carbocycles. The molecule has 4 atom stereocenters. The Morgan fingerprint density at radius 3 is 2.64 bits per heavy atom. The summed E-state index contributed by atoms with van der Waals surface area (Å²) in [5, 5.41) is 22.3. The number of aromatic amines is 1. The lowest BCUT2D eigenvalue weighted by Gasteiger charge is -2.33. The van der Waals surface area contributed by atoms with Crippen molar-refractivity contribution >= 4 is 22.8 Å². The van der Waals surface area contributed by atoms with Gasteiger partial charge < -0.3 is 20.7 Å². The highest BCUT2D eigenvalue weighted by molar-refractivity contribution is 5.93. The molecule has 0 bridgehead atoms. The van der Waals surface area contributed by atoms with Crippen LogP contribution >= 0.6 is 0 Å². The molecule has 0 aliphatic heterocycles. The van der Waals surface area contributed by atoms with E-state index in [4.69, 9.17) is 0 Å². The number of amides is 2. The number of rotatable bonds is 8. The van der Waals surface area contributed by atoms with Crippen LogP contribution in [-0.4, -0.2) is 49.3 Å². The van der Waals surface area contributed by atoms with Crippen molar-refractivity contribution in [1.29, 1.82) is 0 Å². The maximum atomic E-state index is 14.3. The van der Waals surface area contributed by atoms with Crippen molar-refractivity contribution in [3.8, 4) is 0 Å². The van der Waals surface area contributed by atoms with Gasteiger partial charge in [0.05, 0.1) is 23.0 Å². The molecular formula is C24H27F5N6O4. The largest absolute Gasteiger partial charge is 0.392 e. The fraction of sp³-hybridized carbons (Fsp3) is 0.542. The molecule has 0 radical (unpaired) electrons. The summed E-state index contributed by atoms with van der Waals surface area (Å²) < 4.78 is 71.4. The zero-order valence-corrected chi connectivity index (χ0v) is 21.0. The predicted molar refractivity (Wildman–Crippen MR) is 125 cm³/mol. The third-order valence-corrected chi connectivity index (χ3v) is 6.79. The molecule has 3 aromatic rings. The van der Waals surface area contributed by atoms with Crippen LogP contribution in [0, 0.1) is 18.8 Å². The normalized spacial score (nSPS) is 19.8. The number of halogens is 5. The zero-order chi connectivity index (χ0) is 28.5. The number of hydrogen-bond donors (Lipinski definition) is 4. The molecular weight excluding hydrogens is 531 g/mol. The first-order chi connectivity index (χ1) is 18.2. The Morgan fingerprint density at radius 2 is 2.00 bits per heavy atom.